The predicted molar refractivity (Wildman–Crippen MR) is 314 cm³/mol. The van der Waals surface area contributed by atoms with Crippen LogP contribution in [0, 0.1) is 6.92 Å². The Morgan fingerprint density at radius 1 is 0.213 bits per heavy atom. The zero-order valence-corrected chi connectivity index (χ0v) is 41.5. The summed E-state index contributed by atoms with van der Waals surface area (Å²) in [6.45, 7) is 2.10. The first kappa shape index (κ1) is 46.1. The number of aryl methyl sites for hydroxylation is 1. The predicted octanol–water partition coefficient (Wildman–Crippen LogP) is 19.2. The fourth-order valence-electron chi connectivity index (χ4n) is 9.86. The van der Waals surface area contributed by atoms with Crippen LogP contribution in [0.2, 0.25) is 0 Å². The van der Waals surface area contributed by atoms with Crippen molar-refractivity contribution >= 4 is 79.3 Å². The van der Waals surface area contributed by atoms with Crippen LogP contribution in [0.4, 0.5) is 68.2 Å². The molecule has 0 saturated heterocycles. The minimum absolute atomic E-state index is 0.820. The molecule has 6 heteroatoms. The standard InChI is InChI=1S/C69H52N6/c1-51-32-49-66-67(50-51)71-69(53-35-39-61(40-36-53)75(59-30-18-7-19-31-59)65-47-43-63(44-48-65)73(56-24-12-4-13-25-56)57-26-14-5-15-27-57)68(70-66)52-33-37-60(38-34-52)74(58-28-16-6-17-29-58)64-45-41-62(42-46-64)72(54-20-8-2-9-21-54)55-22-10-3-11-23-55/h2-50H,1H3. The maximum atomic E-state index is 5.37. The molecule has 0 atom stereocenters. The Balaban J connectivity index is 0.888. The first-order valence-electron chi connectivity index (χ1n) is 25.3. The molecule has 12 rings (SSSR count). The Bertz CT molecular complexity index is 3710. The monoisotopic (exact) mass is 964 g/mol. The van der Waals surface area contributed by atoms with Crippen molar-refractivity contribution in [2.75, 3.05) is 19.6 Å². The van der Waals surface area contributed by atoms with Gasteiger partial charge < -0.3 is 19.6 Å². The quantitative estimate of drug-likeness (QED) is 0.108. The summed E-state index contributed by atoms with van der Waals surface area (Å²) in [5.41, 5.74) is 19.2. The van der Waals surface area contributed by atoms with Crippen LogP contribution in [0.15, 0.2) is 297 Å². The smallest absolute Gasteiger partial charge is 0.0973 e. The number of rotatable bonds is 14. The molecule has 0 bridgehead atoms. The average molecular weight is 965 g/mol. The van der Waals surface area contributed by atoms with E-state index in [1.165, 1.54) is 0 Å². The maximum absolute atomic E-state index is 5.37. The fraction of sp³-hybridized carbons (Fsp3) is 0.0145. The largest absolute Gasteiger partial charge is 0.311 e. The topological polar surface area (TPSA) is 38.7 Å². The van der Waals surface area contributed by atoms with E-state index in [2.05, 4.69) is 324 Å². The minimum Gasteiger partial charge on any atom is -0.311 e. The average Bonchev–Trinajstić information content (AvgIpc) is 3.48. The van der Waals surface area contributed by atoms with Crippen molar-refractivity contribution in [3.8, 4) is 22.5 Å². The van der Waals surface area contributed by atoms with Gasteiger partial charge in [-0.2, -0.15) is 0 Å². The fourth-order valence-corrected chi connectivity index (χ4v) is 9.86. The molecule has 6 nitrogen and oxygen atoms in total. The van der Waals surface area contributed by atoms with Gasteiger partial charge in [0.15, 0.2) is 0 Å². The van der Waals surface area contributed by atoms with Gasteiger partial charge in [-0.3, -0.25) is 0 Å². The molecule has 0 N–H and O–H groups in total. The lowest BCUT2D eigenvalue weighted by Crippen LogP contribution is -2.12. The SMILES string of the molecule is Cc1ccc2nc(-c3ccc(N(c4ccccc4)c4ccc(N(c5ccccc5)c5ccccc5)cc4)cc3)c(-c3ccc(N(c4ccccc4)c4ccc(N(c5ccccc5)c5ccccc5)cc4)cc3)nc2c1. The van der Waals surface area contributed by atoms with Crippen molar-refractivity contribution in [1.82, 2.24) is 9.97 Å². The summed E-state index contributed by atoms with van der Waals surface area (Å²) in [5.74, 6) is 0. The lowest BCUT2D eigenvalue weighted by molar-refractivity contribution is 1.25. The van der Waals surface area contributed by atoms with Gasteiger partial charge in [0, 0.05) is 79.4 Å². The van der Waals surface area contributed by atoms with Crippen LogP contribution in [0.1, 0.15) is 5.56 Å². The van der Waals surface area contributed by atoms with Gasteiger partial charge in [-0.05, 0) is 170 Å². The van der Waals surface area contributed by atoms with Gasteiger partial charge >= 0.3 is 0 Å². The molecular formula is C69H52N6. The highest BCUT2D eigenvalue weighted by Gasteiger charge is 2.20. The molecule has 75 heavy (non-hydrogen) atoms. The molecule has 0 radical (unpaired) electrons. The van der Waals surface area contributed by atoms with Crippen molar-refractivity contribution in [1.29, 1.82) is 0 Å². The summed E-state index contributed by atoms with van der Waals surface area (Å²) < 4.78 is 0. The first-order valence-corrected chi connectivity index (χ1v) is 25.3. The number of para-hydroxylation sites is 6. The second kappa shape index (κ2) is 21.0. The van der Waals surface area contributed by atoms with E-state index in [0.717, 1.165) is 107 Å². The van der Waals surface area contributed by atoms with Crippen LogP contribution in [0.3, 0.4) is 0 Å². The molecule has 0 aliphatic heterocycles. The van der Waals surface area contributed by atoms with E-state index < -0.39 is 0 Å². The summed E-state index contributed by atoms with van der Waals surface area (Å²) in [5, 5.41) is 0. The molecule has 0 saturated carbocycles. The lowest BCUT2D eigenvalue weighted by Gasteiger charge is -2.28. The Morgan fingerprint density at radius 2 is 0.427 bits per heavy atom. The summed E-state index contributed by atoms with van der Waals surface area (Å²) in [6.07, 6.45) is 0. The number of benzene rings is 11. The molecule has 0 fully saturated rings. The second-order valence-electron chi connectivity index (χ2n) is 18.4. The normalized spacial score (nSPS) is 11.0. The zero-order valence-electron chi connectivity index (χ0n) is 41.5. The van der Waals surface area contributed by atoms with Crippen LogP contribution in [-0.2, 0) is 0 Å². The van der Waals surface area contributed by atoms with E-state index in [0.29, 0.717) is 0 Å². The van der Waals surface area contributed by atoms with Gasteiger partial charge in [0.25, 0.3) is 0 Å². The molecule has 0 spiro atoms. The molecule has 1 heterocycles. The van der Waals surface area contributed by atoms with Crippen LogP contribution in [0.25, 0.3) is 33.5 Å². The summed E-state index contributed by atoms with van der Waals surface area (Å²) in [7, 11) is 0. The Kier molecular flexibility index (Phi) is 12.9. The highest BCUT2D eigenvalue weighted by Crippen LogP contribution is 2.43. The maximum Gasteiger partial charge on any atom is 0.0973 e. The van der Waals surface area contributed by atoms with Crippen molar-refractivity contribution in [3.63, 3.8) is 0 Å². The summed E-state index contributed by atoms with van der Waals surface area (Å²) in [6, 6.07) is 104. The third-order valence-corrected chi connectivity index (χ3v) is 13.4. The number of fused-ring (bicyclic) bond motifs is 1. The van der Waals surface area contributed by atoms with E-state index in [9.17, 15) is 0 Å². The minimum atomic E-state index is 0.820. The molecule has 0 unspecified atom stereocenters. The van der Waals surface area contributed by atoms with Crippen LogP contribution in [-0.4, -0.2) is 9.97 Å². The van der Waals surface area contributed by atoms with E-state index in [1.807, 2.05) is 0 Å². The molecule has 11 aromatic carbocycles. The number of hydrogen-bond acceptors (Lipinski definition) is 6. The zero-order chi connectivity index (χ0) is 50.3. The molecular weight excluding hydrogens is 913 g/mol. The Hall–Kier alpha value is -10.0. The van der Waals surface area contributed by atoms with Crippen molar-refractivity contribution < 1.29 is 0 Å². The molecule has 358 valence electrons. The number of nitrogens with zero attached hydrogens (tertiary/aromatic N) is 6. The molecule has 1 aromatic heterocycles. The summed E-state index contributed by atoms with van der Waals surface area (Å²) in [4.78, 5) is 19.9. The van der Waals surface area contributed by atoms with Crippen LogP contribution in [0.5, 0.6) is 0 Å². The molecule has 0 aliphatic carbocycles. The van der Waals surface area contributed by atoms with Gasteiger partial charge in [0.05, 0.1) is 22.4 Å². The highest BCUT2D eigenvalue weighted by molar-refractivity contribution is 5.89. The summed E-state index contributed by atoms with van der Waals surface area (Å²) >= 11 is 0. The van der Waals surface area contributed by atoms with Gasteiger partial charge in [-0.15, -0.1) is 0 Å². The Labute approximate surface area is 439 Å². The first-order chi connectivity index (χ1) is 37.1. The van der Waals surface area contributed by atoms with Crippen LogP contribution < -0.4 is 19.6 Å². The van der Waals surface area contributed by atoms with E-state index in [-0.39, 0.29) is 0 Å². The van der Waals surface area contributed by atoms with Gasteiger partial charge in [0.2, 0.25) is 0 Å². The third-order valence-electron chi connectivity index (χ3n) is 13.4. The van der Waals surface area contributed by atoms with E-state index >= 15 is 0 Å². The number of anilines is 12. The van der Waals surface area contributed by atoms with Crippen LogP contribution >= 0.6 is 0 Å². The third kappa shape index (κ3) is 9.72. The van der Waals surface area contributed by atoms with Crippen molar-refractivity contribution in [2.45, 2.75) is 6.92 Å². The van der Waals surface area contributed by atoms with Gasteiger partial charge in [0.1, 0.15) is 0 Å². The van der Waals surface area contributed by atoms with E-state index in [4.69, 9.17) is 9.97 Å². The molecule has 0 amide bonds. The number of hydrogen-bond donors (Lipinski definition) is 0. The Morgan fingerprint density at radius 3 is 0.680 bits per heavy atom. The number of aromatic nitrogens is 2. The molecule has 0 aliphatic rings. The second-order valence-corrected chi connectivity index (χ2v) is 18.4. The van der Waals surface area contributed by atoms with Crippen molar-refractivity contribution in [3.05, 3.63) is 303 Å². The van der Waals surface area contributed by atoms with Gasteiger partial charge in [-0.1, -0.05) is 140 Å². The van der Waals surface area contributed by atoms with Crippen molar-refractivity contribution in [2.24, 2.45) is 0 Å². The highest BCUT2D eigenvalue weighted by atomic mass is 15.2. The lowest BCUT2D eigenvalue weighted by atomic mass is 10.0. The van der Waals surface area contributed by atoms with Gasteiger partial charge in [-0.25, -0.2) is 9.97 Å². The van der Waals surface area contributed by atoms with E-state index in [1.54, 1.807) is 0 Å². The molecule has 12 aromatic rings.